The minimum Gasteiger partial charge on any atom is -0.338 e. The first-order valence-electron chi connectivity index (χ1n) is 13.2. The molecule has 5 rings (SSSR count). The number of hydrogen-bond acceptors (Lipinski definition) is 5. The SMILES string of the molecule is O=C(C1CC(N(CCc2ccccc2)Cc2ccccc2)CN1C(=O)c1cccnc1)N1CCNCC1. The Morgan fingerprint density at radius 3 is 2.30 bits per heavy atom. The van der Waals surface area contributed by atoms with Crippen molar-refractivity contribution >= 4 is 11.8 Å². The van der Waals surface area contributed by atoms with Crippen LogP contribution >= 0.6 is 0 Å². The molecule has 0 radical (unpaired) electrons. The summed E-state index contributed by atoms with van der Waals surface area (Å²) in [5, 5.41) is 3.32. The van der Waals surface area contributed by atoms with E-state index in [0.29, 0.717) is 31.6 Å². The van der Waals surface area contributed by atoms with Gasteiger partial charge in [0.15, 0.2) is 0 Å². The van der Waals surface area contributed by atoms with Crippen LogP contribution in [-0.4, -0.2) is 82.9 Å². The summed E-state index contributed by atoms with van der Waals surface area (Å²) < 4.78 is 0. The maximum Gasteiger partial charge on any atom is 0.256 e. The van der Waals surface area contributed by atoms with Gasteiger partial charge in [-0.25, -0.2) is 0 Å². The van der Waals surface area contributed by atoms with Gasteiger partial charge in [0.25, 0.3) is 5.91 Å². The van der Waals surface area contributed by atoms with E-state index in [1.165, 1.54) is 11.1 Å². The Bertz CT molecular complexity index is 1150. The molecule has 0 aliphatic carbocycles. The Labute approximate surface area is 219 Å². The number of carbonyl (C=O) groups is 2. The van der Waals surface area contributed by atoms with E-state index in [9.17, 15) is 9.59 Å². The summed E-state index contributed by atoms with van der Waals surface area (Å²) >= 11 is 0. The van der Waals surface area contributed by atoms with Gasteiger partial charge in [0.1, 0.15) is 6.04 Å². The van der Waals surface area contributed by atoms with Crippen LogP contribution in [0.5, 0.6) is 0 Å². The summed E-state index contributed by atoms with van der Waals surface area (Å²) in [4.78, 5) is 37.7. The lowest BCUT2D eigenvalue weighted by molar-refractivity contribution is -0.135. The number of hydrogen-bond donors (Lipinski definition) is 1. The standard InChI is InChI=1S/C30H35N5O2/c36-29(26-12-7-14-32-21-26)35-23-27(20-28(35)30(37)33-18-15-31-16-19-33)34(22-25-10-5-2-6-11-25)17-13-24-8-3-1-4-9-24/h1-12,14,21,27-28,31H,13,15-20,22-23H2. The molecule has 2 aliphatic heterocycles. The molecule has 2 atom stereocenters. The van der Waals surface area contributed by atoms with Crippen LogP contribution in [0.4, 0.5) is 0 Å². The molecule has 7 nitrogen and oxygen atoms in total. The highest BCUT2D eigenvalue weighted by molar-refractivity contribution is 5.97. The van der Waals surface area contributed by atoms with Gasteiger partial charge in [-0.1, -0.05) is 60.7 Å². The fourth-order valence-corrected chi connectivity index (χ4v) is 5.41. The lowest BCUT2D eigenvalue weighted by Crippen LogP contribution is -2.53. The van der Waals surface area contributed by atoms with Crippen molar-refractivity contribution in [2.75, 3.05) is 39.3 Å². The van der Waals surface area contributed by atoms with Gasteiger partial charge < -0.3 is 15.1 Å². The van der Waals surface area contributed by atoms with Crippen LogP contribution in [0.3, 0.4) is 0 Å². The first-order chi connectivity index (χ1) is 18.2. The Morgan fingerprint density at radius 1 is 0.919 bits per heavy atom. The summed E-state index contributed by atoms with van der Waals surface area (Å²) in [5.41, 5.74) is 3.05. The molecule has 1 aromatic heterocycles. The molecule has 0 bridgehead atoms. The molecule has 3 heterocycles. The smallest absolute Gasteiger partial charge is 0.256 e. The van der Waals surface area contributed by atoms with Crippen molar-refractivity contribution in [1.29, 1.82) is 0 Å². The number of amides is 2. The van der Waals surface area contributed by atoms with Crippen LogP contribution in [0.25, 0.3) is 0 Å². The van der Waals surface area contributed by atoms with E-state index in [0.717, 1.165) is 32.6 Å². The first kappa shape index (κ1) is 25.1. The molecular formula is C30H35N5O2. The van der Waals surface area contributed by atoms with Gasteiger partial charge in [-0.15, -0.1) is 0 Å². The molecule has 192 valence electrons. The third kappa shape index (κ3) is 6.24. The maximum atomic E-state index is 13.7. The van der Waals surface area contributed by atoms with Crippen LogP contribution in [0, 0.1) is 0 Å². The number of aromatic nitrogens is 1. The van der Waals surface area contributed by atoms with Gasteiger partial charge in [0.2, 0.25) is 5.91 Å². The third-order valence-electron chi connectivity index (χ3n) is 7.44. The molecule has 7 heteroatoms. The van der Waals surface area contributed by atoms with Crippen LogP contribution in [-0.2, 0) is 17.8 Å². The lowest BCUT2D eigenvalue weighted by Gasteiger charge is -2.32. The van der Waals surface area contributed by atoms with E-state index >= 15 is 0 Å². The monoisotopic (exact) mass is 497 g/mol. The average molecular weight is 498 g/mol. The summed E-state index contributed by atoms with van der Waals surface area (Å²) in [5.74, 6) is -0.0595. The minimum absolute atomic E-state index is 0.0592. The quantitative estimate of drug-likeness (QED) is 0.518. The van der Waals surface area contributed by atoms with Gasteiger partial charge in [0.05, 0.1) is 5.56 Å². The molecule has 2 amide bonds. The Kier molecular flexibility index (Phi) is 8.23. The highest BCUT2D eigenvalue weighted by atomic mass is 16.2. The van der Waals surface area contributed by atoms with Crippen molar-refractivity contribution in [3.8, 4) is 0 Å². The highest BCUT2D eigenvalue weighted by Crippen LogP contribution is 2.27. The fourth-order valence-electron chi connectivity index (χ4n) is 5.41. The first-order valence-corrected chi connectivity index (χ1v) is 13.2. The fraction of sp³-hybridized carbons (Fsp3) is 0.367. The zero-order valence-electron chi connectivity index (χ0n) is 21.2. The number of nitrogens with zero attached hydrogens (tertiary/aromatic N) is 4. The van der Waals surface area contributed by atoms with Crippen molar-refractivity contribution in [2.45, 2.75) is 31.5 Å². The Morgan fingerprint density at radius 2 is 1.62 bits per heavy atom. The summed E-state index contributed by atoms with van der Waals surface area (Å²) in [7, 11) is 0. The predicted octanol–water partition coefficient (Wildman–Crippen LogP) is 2.84. The van der Waals surface area contributed by atoms with E-state index in [1.54, 1.807) is 29.4 Å². The van der Waals surface area contributed by atoms with Crippen LogP contribution in [0.2, 0.25) is 0 Å². The van der Waals surface area contributed by atoms with Crippen LogP contribution in [0.15, 0.2) is 85.2 Å². The lowest BCUT2D eigenvalue weighted by atomic mass is 10.1. The van der Waals surface area contributed by atoms with Crippen molar-refractivity contribution in [2.24, 2.45) is 0 Å². The second kappa shape index (κ2) is 12.1. The van der Waals surface area contributed by atoms with Crippen LogP contribution in [0.1, 0.15) is 27.9 Å². The van der Waals surface area contributed by atoms with Gasteiger partial charge >= 0.3 is 0 Å². The number of carbonyl (C=O) groups excluding carboxylic acids is 2. The van der Waals surface area contributed by atoms with Crippen molar-refractivity contribution < 1.29 is 9.59 Å². The van der Waals surface area contributed by atoms with Crippen molar-refractivity contribution in [3.63, 3.8) is 0 Å². The third-order valence-corrected chi connectivity index (χ3v) is 7.44. The van der Waals surface area contributed by atoms with Crippen LogP contribution < -0.4 is 5.32 Å². The number of pyridine rings is 1. The molecule has 0 saturated carbocycles. The molecule has 2 saturated heterocycles. The minimum atomic E-state index is -0.467. The molecule has 3 aromatic rings. The van der Waals surface area contributed by atoms with E-state index in [1.807, 2.05) is 17.0 Å². The topological polar surface area (TPSA) is 68.8 Å². The van der Waals surface area contributed by atoms with E-state index in [4.69, 9.17) is 0 Å². The predicted molar refractivity (Wildman–Crippen MR) is 144 cm³/mol. The highest BCUT2D eigenvalue weighted by Gasteiger charge is 2.43. The average Bonchev–Trinajstić information content (AvgIpc) is 3.42. The molecule has 2 fully saturated rings. The number of benzene rings is 2. The maximum absolute atomic E-state index is 13.7. The number of nitrogens with one attached hydrogen (secondary N) is 1. The number of piperazine rings is 1. The molecule has 1 N–H and O–H groups in total. The largest absolute Gasteiger partial charge is 0.338 e. The normalized spacial score (nSPS) is 19.8. The molecule has 2 aliphatic rings. The summed E-state index contributed by atoms with van der Waals surface area (Å²) in [6, 6.07) is 24.1. The molecule has 0 spiro atoms. The van der Waals surface area contributed by atoms with Gasteiger partial charge in [-0.3, -0.25) is 19.5 Å². The Balaban J connectivity index is 1.40. The zero-order chi connectivity index (χ0) is 25.5. The second-order valence-electron chi connectivity index (χ2n) is 9.87. The Hall–Kier alpha value is -3.55. The number of rotatable bonds is 8. The van der Waals surface area contributed by atoms with Gasteiger partial charge in [0, 0.05) is 64.2 Å². The summed E-state index contributed by atoms with van der Waals surface area (Å²) in [6.45, 7) is 5.09. The van der Waals surface area contributed by atoms with Crippen molar-refractivity contribution in [3.05, 3.63) is 102 Å². The molecule has 2 unspecified atom stereocenters. The van der Waals surface area contributed by atoms with Crippen molar-refractivity contribution in [1.82, 2.24) is 25.0 Å². The molecular weight excluding hydrogens is 462 g/mol. The van der Waals surface area contributed by atoms with E-state index in [2.05, 4.69) is 63.7 Å². The number of likely N-dealkylation sites (tertiary alicyclic amines) is 1. The van der Waals surface area contributed by atoms with E-state index in [-0.39, 0.29) is 17.9 Å². The second-order valence-corrected chi connectivity index (χ2v) is 9.87. The van der Waals surface area contributed by atoms with Gasteiger partial charge in [-0.2, -0.15) is 0 Å². The van der Waals surface area contributed by atoms with E-state index < -0.39 is 6.04 Å². The molecule has 37 heavy (non-hydrogen) atoms. The zero-order valence-corrected chi connectivity index (χ0v) is 21.2. The summed E-state index contributed by atoms with van der Waals surface area (Å²) in [6.07, 6.45) is 4.81. The van der Waals surface area contributed by atoms with Gasteiger partial charge in [-0.05, 0) is 36.1 Å². The molecule has 2 aromatic carbocycles.